The van der Waals surface area contributed by atoms with Crippen LogP contribution in [0, 0.1) is 0 Å². The molecule has 130 valence electrons. The van der Waals surface area contributed by atoms with Gasteiger partial charge in [-0.2, -0.15) is 0 Å². The van der Waals surface area contributed by atoms with Crippen molar-refractivity contribution in [1.82, 2.24) is 4.90 Å². The first-order valence-electron chi connectivity index (χ1n) is 7.88. The maximum Gasteiger partial charge on any atom is 0.175 e. The second kappa shape index (κ2) is 8.94. The van der Waals surface area contributed by atoms with Crippen LogP contribution in [-0.4, -0.2) is 32.8 Å². The maximum absolute atomic E-state index is 5.48. The first-order valence-corrected chi connectivity index (χ1v) is 8.68. The van der Waals surface area contributed by atoms with Crippen molar-refractivity contribution >= 4 is 15.9 Å². The molecule has 0 fully saturated rings. The molecule has 4 nitrogen and oxygen atoms in total. The molecule has 0 aliphatic rings. The largest absolute Gasteiger partial charge is 0.494 e. The highest BCUT2D eigenvalue weighted by molar-refractivity contribution is 9.10. The summed E-state index contributed by atoms with van der Waals surface area (Å²) in [4.78, 5) is 2.25. The molecular weight excluding hydrogens is 370 g/mol. The molecule has 0 saturated carbocycles. The average molecular weight is 394 g/mol. The lowest BCUT2D eigenvalue weighted by Gasteiger charge is -2.19. The van der Waals surface area contributed by atoms with Gasteiger partial charge in [0.05, 0.1) is 25.3 Å². The summed E-state index contributed by atoms with van der Waals surface area (Å²) in [5.41, 5.74) is 2.40. The number of methoxy groups -OCH3 is 2. The molecule has 0 bridgehead atoms. The number of nitrogens with zero attached hydrogens (tertiary/aromatic N) is 1. The van der Waals surface area contributed by atoms with E-state index >= 15 is 0 Å². The van der Waals surface area contributed by atoms with Crippen molar-refractivity contribution in [3.8, 4) is 17.2 Å². The second-order valence-electron chi connectivity index (χ2n) is 5.52. The van der Waals surface area contributed by atoms with E-state index in [1.807, 2.05) is 25.1 Å². The highest BCUT2D eigenvalue weighted by Crippen LogP contribution is 2.38. The molecule has 2 rings (SSSR count). The molecule has 0 aliphatic carbocycles. The van der Waals surface area contributed by atoms with Crippen LogP contribution < -0.4 is 14.2 Å². The summed E-state index contributed by atoms with van der Waals surface area (Å²) in [5.74, 6) is 2.36. The van der Waals surface area contributed by atoms with E-state index in [0.29, 0.717) is 6.61 Å². The minimum absolute atomic E-state index is 0.687. The normalized spacial score (nSPS) is 10.8. The van der Waals surface area contributed by atoms with Crippen LogP contribution in [0.3, 0.4) is 0 Å². The van der Waals surface area contributed by atoms with Crippen LogP contribution in [0.15, 0.2) is 40.9 Å². The number of ether oxygens (including phenoxy) is 3. The lowest BCUT2D eigenvalue weighted by Crippen LogP contribution is -2.17. The summed E-state index contributed by atoms with van der Waals surface area (Å²) in [7, 11) is 5.39. The zero-order valence-corrected chi connectivity index (χ0v) is 16.2. The van der Waals surface area contributed by atoms with Crippen molar-refractivity contribution in [2.75, 3.05) is 27.9 Å². The Morgan fingerprint density at radius 2 is 1.67 bits per heavy atom. The highest BCUT2D eigenvalue weighted by atomic mass is 79.9. The Kier molecular flexibility index (Phi) is 6.94. The van der Waals surface area contributed by atoms with Crippen LogP contribution in [-0.2, 0) is 13.1 Å². The molecule has 0 unspecified atom stereocenters. The first-order chi connectivity index (χ1) is 11.6. The summed E-state index contributed by atoms with van der Waals surface area (Å²) in [5, 5.41) is 0. The molecule has 2 aromatic carbocycles. The van der Waals surface area contributed by atoms with Gasteiger partial charge in [0.25, 0.3) is 0 Å². The maximum atomic E-state index is 5.48. The van der Waals surface area contributed by atoms with Crippen LogP contribution in [0.1, 0.15) is 18.1 Å². The lowest BCUT2D eigenvalue weighted by atomic mass is 10.1. The smallest absolute Gasteiger partial charge is 0.175 e. The molecule has 0 aromatic heterocycles. The quantitative estimate of drug-likeness (QED) is 0.660. The summed E-state index contributed by atoms with van der Waals surface area (Å²) in [6.07, 6.45) is 0. The third-order valence-corrected chi connectivity index (χ3v) is 4.56. The zero-order valence-electron chi connectivity index (χ0n) is 14.6. The van der Waals surface area contributed by atoms with E-state index in [9.17, 15) is 0 Å². The van der Waals surface area contributed by atoms with Crippen molar-refractivity contribution in [1.29, 1.82) is 0 Å². The lowest BCUT2D eigenvalue weighted by molar-refractivity contribution is 0.314. The Labute approximate surface area is 152 Å². The monoisotopic (exact) mass is 393 g/mol. The number of hydrogen-bond donors (Lipinski definition) is 0. The summed E-state index contributed by atoms with van der Waals surface area (Å²) in [6.45, 7) is 4.33. The Morgan fingerprint density at radius 1 is 0.958 bits per heavy atom. The van der Waals surface area contributed by atoms with Crippen molar-refractivity contribution in [2.24, 2.45) is 0 Å². The Morgan fingerprint density at radius 3 is 2.25 bits per heavy atom. The molecule has 0 N–H and O–H groups in total. The SMILES string of the molecule is CCOc1ccc(CN(C)Cc2ccc(OC)c(OC)c2Br)cc1. The molecule has 0 saturated heterocycles. The fourth-order valence-corrected chi connectivity index (χ4v) is 3.18. The van der Waals surface area contributed by atoms with Crippen LogP contribution in [0.4, 0.5) is 0 Å². The minimum Gasteiger partial charge on any atom is -0.494 e. The van der Waals surface area contributed by atoms with Crippen molar-refractivity contribution in [3.63, 3.8) is 0 Å². The van der Waals surface area contributed by atoms with E-state index in [1.165, 1.54) is 5.56 Å². The first kappa shape index (κ1) is 18.6. The summed E-state index contributed by atoms with van der Waals surface area (Å²) < 4.78 is 17.2. The summed E-state index contributed by atoms with van der Waals surface area (Å²) in [6, 6.07) is 12.2. The minimum atomic E-state index is 0.687. The van der Waals surface area contributed by atoms with Crippen molar-refractivity contribution < 1.29 is 14.2 Å². The van der Waals surface area contributed by atoms with Gasteiger partial charge >= 0.3 is 0 Å². The number of halogens is 1. The van der Waals surface area contributed by atoms with E-state index in [-0.39, 0.29) is 0 Å². The van der Waals surface area contributed by atoms with Gasteiger partial charge in [-0.25, -0.2) is 0 Å². The van der Waals surface area contributed by atoms with Gasteiger partial charge in [-0.1, -0.05) is 18.2 Å². The van der Waals surface area contributed by atoms with Crippen LogP contribution in [0.5, 0.6) is 17.2 Å². The second-order valence-corrected chi connectivity index (χ2v) is 6.32. The number of benzene rings is 2. The van der Waals surface area contributed by atoms with Gasteiger partial charge in [0.15, 0.2) is 11.5 Å². The van der Waals surface area contributed by atoms with E-state index in [0.717, 1.165) is 40.4 Å². The van der Waals surface area contributed by atoms with Gasteiger partial charge in [-0.3, -0.25) is 4.90 Å². The fraction of sp³-hybridized carbons (Fsp3) is 0.368. The predicted octanol–water partition coefficient (Wildman–Crippen LogP) is 4.50. The highest BCUT2D eigenvalue weighted by Gasteiger charge is 2.14. The van der Waals surface area contributed by atoms with Crippen LogP contribution >= 0.6 is 15.9 Å². The molecule has 0 spiro atoms. The molecule has 0 atom stereocenters. The molecule has 0 radical (unpaired) electrons. The zero-order chi connectivity index (χ0) is 17.5. The third kappa shape index (κ3) is 4.65. The Hall–Kier alpha value is -1.72. The molecule has 0 heterocycles. The molecule has 0 amide bonds. The number of hydrogen-bond acceptors (Lipinski definition) is 4. The standard InChI is InChI=1S/C19H24BrNO3/c1-5-24-16-9-6-14(7-10-16)12-21(2)13-15-8-11-17(22-3)19(23-4)18(15)20/h6-11H,5,12-13H2,1-4H3. The van der Waals surface area contributed by atoms with Crippen molar-refractivity contribution in [3.05, 3.63) is 52.0 Å². The van der Waals surface area contributed by atoms with E-state index < -0.39 is 0 Å². The van der Waals surface area contributed by atoms with Gasteiger partial charge < -0.3 is 14.2 Å². The van der Waals surface area contributed by atoms with Crippen molar-refractivity contribution in [2.45, 2.75) is 20.0 Å². The average Bonchev–Trinajstić information content (AvgIpc) is 2.58. The van der Waals surface area contributed by atoms with Gasteiger partial charge in [0.1, 0.15) is 5.75 Å². The molecular formula is C19H24BrNO3. The molecule has 24 heavy (non-hydrogen) atoms. The topological polar surface area (TPSA) is 30.9 Å². The molecule has 0 aliphatic heterocycles. The van der Waals surface area contributed by atoms with Gasteiger partial charge in [-0.05, 0) is 59.2 Å². The Bertz CT molecular complexity index is 658. The van der Waals surface area contributed by atoms with Gasteiger partial charge in [0.2, 0.25) is 0 Å². The van der Waals surface area contributed by atoms with Gasteiger partial charge in [0, 0.05) is 13.1 Å². The van der Waals surface area contributed by atoms with E-state index in [4.69, 9.17) is 14.2 Å². The van der Waals surface area contributed by atoms with E-state index in [2.05, 4.69) is 46.1 Å². The number of rotatable bonds is 8. The molecule has 5 heteroatoms. The van der Waals surface area contributed by atoms with Crippen LogP contribution in [0.25, 0.3) is 0 Å². The van der Waals surface area contributed by atoms with E-state index in [1.54, 1.807) is 14.2 Å². The Balaban J connectivity index is 2.05. The van der Waals surface area contributed by atoms with Gasteiger partial charge in [-0.15, -0.1) is 0 Å². The predicted molar refractivity (Wildman–Crippen MR) is 100 cm³/mol. The molecule has 2 aromatic rings. The third-order valence-electron chi connectivity index (χ3n) is 3.69. The fourth-order valence-electron chi connectivity index (χ4n) is 2.57. The summed E-state index contributed by atoms with van der Waals surface area (Å²) >= 11 is 3.63. The van der Waals surface area contributed by atoms with Crippen LogP contribution in [0.2, 0.25) is 0 Å².